The van der Waals surface area contributed by atoms with Gasteiger partial charge in [0.1, 0.15) is 0 Å². The highest BCUT2D eigenvalue weighted by atomic mass is 16.4. The van der Waals surface area contributed by atoms with Gasteiger partial charge in [0, 0.05) is 0 Å². The van der Waals surface area contributed by atoms with E-state index in [0.29, 0.717) is 0 Å². The summed E-state index contributed by atoms with van der Waals surface area (Å²) in [6.45, 7) is 11.8. The molecule has 1 rings (SSSR count). The molecule has 1 saturated carbocycles. The van der Waals surface area contributed by atoms with Gasteiger partial charge in [0.25, 0.3) is 0 Å². The Morgan fingerprint density at radius 1 is 1.23 bits per heavy atom. The highest BCUT2D eigenvalue weighted by Crippen LogP contribution is 2.37. The molecule has 0 spiro atoms. The second kappa shape index (κ2) is 7.84. The average Bonchev–Trinajstić information content (AvgIpc) is 2.61. The van der Waals surface area contributed by atoms with Crippen molar-refractivity contribution >= 4 is 5.97 Å². The van der Waals surface area contributed by atoms with Crippen LogP contribution in [0.4, 0.5) is 0 Å². The fraction of sp³-hybridized carbons (Fsp3) is 0.727. The molecule has 2 heteroatoms. The van der Waals surface area contributed by atoms with Crippen LogP contribution >= 0.6 is 0 Å². The molecular formula is C11H22O2. The Morgan fingerprint density at radius 3 is 1.69 bits per heavy atom. The van der Waals surface area contributed by atoms with Crippen molar-refractivity contribution in [2.24, 2.45) is 5.41 Å². The van der Waals surface area contributed by atoms with Crippen LogP contribution in [0.1, 0.15) is 46.5 Å². The third-order valence-electron chi connectivity index (χ3n) is 2.22. The Hall–Kier alpha value is -0.790. The average molecular weight is 186 g/mol. The molecule has 0 aromatic heterocycles. The van der Waals surface area contributed by atoms with Crippen molar-refractivity contribution in [1.29, 1.82) is 0 Å². The van der Waals surface area contributed by atoms with Gasteiger partial charge < -0.3 is 5.11 Å². The molecule has 78 valence electrons. The predicted octanol–water partition coefficient (Wildman–Crippen LogP) is 3.48. The third-order valence-corrected chi connectivity index (χ3v) is 2.22. The molecule has 0 aromatic rings. The molecule has 0 saturated heterocycles. The van der Waals surface area contributed by atoms with E-state index < -0.39 is 5.97 Å². The number of carbonyl (C=O) groups is 1. The van der Waals surface area contributed by atoms with E-state index in [0.717, 1.165) is 25.7 Å². The summed E-state index contributed by atoms with van der Waals surface area (Å²) in [5.74, 6) is -0.625. The van der Waals surface area contributed by atoms with Crippen molar-refractivity contribution < 1.29 is 9.90 Å². The summed E-state index contributed by atoms with van der Waals surface area (Å²) in [4.78, 5) is 10.5. The monoisotopic (exact) mass is 186 g/mol. The van der Waals surface area contributed by atoms with E-state index in [4.69, 9.17) is 5.11 Å². The van der Waals surface area contributed by atoms with E-state index in [-0.39, 0.29) is 5.41 Å². The maximum atomic E-state index is 10.5. The number of hydrogen-bond donors (Lipinski definition) is 1. The normalized spacial score (nSPS) is 17.5. The van der Waals surface area contributed by atoms with Gasteiger partial charge in [-0.25, -0.2) is 0 Å². The molecule has 13 heavy (non-hydrogen) atoms. The lowest BCUT2D eigenvalue weighted by molar-refractivity contribution is -0.147. The Kier molecular flexibility index (Phi) is 8.87. The van der Waals surface area contributed by atoms with E-state index in [2.05, 4.69) is 13.2 Å². The van der Waals surface area contributed by atoms with Crippen LogP contribution in [0.15, 0.2) is 13.2 Å². The Bertz CT molecular complexity index is 135. The van der Waals surface area contributed by atoms with Gasteiger partial charge in [-0.05, 0) is 19.8 Å². The van der Waals surface area contributed by atoms with Gasteiger partial charge in [0.15, 0.2) is 0 Å². The van der Waals surface area contributed by atoms with Crippen LogP contribution in [0.5, 0.6) is 0 Å². The van der Waals surface area contributed by atoms with Crippen LogP contribution in [-0.2, 0) is 4.79 Å². The lowest BCUT2D eigenvalue weighted by Crippen LogP contribution is -2.23. The molecule has 1 fully saturated rings. The van der Waals surface area contributed by atoms with Crippen molar-refractivity contribution in [3.63, 3.8) is 0 Å². The highest BCUT2D eigenvalue weighted by Gasteiger charge is 2.35. The number of hydrogen-bond acceptors (Lipinski definition) is 1. The van der Waals surface area contributed by atoms with Gasteiger partial charge in [0.05, 0.1) is 5.41 Å². The molecule has 0 atom stereocenters. The lowest BCUT2D eigenvalue weighted by atomic mass is 9.89. The van der Waals surface area contributed by atoms with Crippen LogP contribution in [0.25, 0.3) is 0 Å². The molecular weight excluding hydrogens is 164 g/mol. The molecule has 0 amide bonds. The summed E-state index contributed by atoms with van der Waals surface area (Å²) < 4.78 is 0. The zero-order chi connectivity index (χ0) is 10.9. The molecule has 1 aliphatic carbocycles. The van der Waals surface area contributed by atoms with Crippen molar-refractivity contribution in [2.75, 3.05) is 0 Å². The second-order valence-corrected chi connectivity index (χ2v) is 3.07. The number of aliphatic carboxylic acids is 1. The standard InChI is InChI=1S/C7H12O2.C2H6.C2H4/c1-7(6(8)9)4-2-3-5-7;2*1-2/h2-5H2,1H3,(H,8,9);1-2H3;1-2H2. The van der Waals surface area contributed by atoms with E-state index in [1.165, 1.54) is 0 Å². The molecule has 0 unspecified atom stereocenters. The highest BCUT2D eigenvalue weighted by molar-refractivity contribution is 5.74. The van der Waals surface area contributed by atoms with Gasteiger partial charge >= 0.3 is 5.97 Å². The first-order valence-corrected chi connectivity index (χ1v) is 4.88. The minimum Gasteiger partial charge on any atom is -0.481 e. The van der Waals surface area contributed by atoms with Gasteiger partial charge in [-0.2, -0.15) is 0 Å². The van der Waals surface area contributed by atoms with Crippen molar-refractivity contribution in [1.82, 2.24) is 0 Å². The fourth-order valence-electron chi connectivity index (χ4n) is 1.37. The summed E-state index contributed by atoms with van der Waals surface area (Å²) in [7, 11) is 0. The van der Waals surface area contributed by atoms with Crippen LogP contribution in [0.3, 0.4) is 0 Å². The third kappa shape index (κ3) is 4.71. The zero-order valence-electron chi connectivity index (χ0n) is 9.10. The summed E-state index contributed by atoms with van der Waals surface area (Å²) >= 11 is 0. The number of carboxylic acids is 1. The van der Waals surface area contributed by atoms with Crippen molar-refractivity contribution in [3.8, 4) is 0 Å². The van der Waals surface area contributed by atoms with E-state index in [1.807, 2.05) is 20.8 Å². The molecule has 0 aromatic carbocycles. The van der Waals surface area contributed by atoms with Gasteiger partial charge in [0.2, 0.25) is 0 Å². The van der Waals surface area contributed by atoms with Crippen LogP contribution in [-0.4, -0.2) is 11.1 Å². The van der Waals surface area contributed by atoms with E-state index in [1.54, 1.807) is 0 Å². The summed E-state index contributed by atoms with van der Waals surface area (Å²) in [6.07, 6.45) is 3.90. The maximum absolute atomic E-state index is 10.5. The Morgan fingerprint density at radius 2 is 1.54 bits per heavy atom. The SMILES string of the molecule is C=C.CC.CC1(C(=O)O)CCCC1. The van der Waals surface area contributed by atoms with Gasteiger partial charge in [-0.15, -0.1) is 13.2 Å². The van der Waals surface area contributed by atoms with Gasteiger partial charge in [-0.1, -0.05) is 26.7 Å². The van der Waals surface area contributed by atoms with Crippen molar-refractivity contribution in [2.45, 2.75) is 46.5 Å². The quantitative estimate of drug-likeness (QED) is 0.636. The fourth-order valence-corrected chi connectivity index (χ4v) is 1.37. The summed E-state index contributed by atoms with van der Waals surface area (Å²) in [6, 6.07) is 0. The molecule has 0 bridgehead atoms. The largest absolute Gasteiger partial charge is 0.481 e. The van der Waals surface area contributed by atoms with Crippen LogP contribution in [0, 0.1) is 5.41 Å². The number of rotatable bonds is 1. The second-order valence-electron chi connectivity index (χ2n) is 3.07. The zero-order valence-corrected chi connectivity index (χ0v) is 9.10. The van der Waals surface area contributed by atoms with E-state index >= 15 is 0 Å². The first-order chi connectivity index (χ1) is 6.15. The first-order valence-electron chi connectivity index (χ1n) is 4.88. The Labute approximate surface area is 81.7 Å². The summed E-state index contributed by atoms with van der Waals surface area (Å²) in [5.41, 5.74) is -0.389. The molecule has 0 aliphatic heterocycles. The van der Waals surface area contributed by atoms with Crippen molar-refractivity contribution in [3.05, 3.63) is 13.2 Å². The number of carboxylic acid groups (broad SMARTS) is 1. The van der Waals surface area contributed by atoms with Crippen LogP contribution < -0.4 is 0 Å². The minimum atomic E-state index is -0.625. The minimum absolute atomic E-state index is 0.389. The molecule has 1 aliphatic rings. The van der Waals surface area contributed by atoms with Gasteiger partial charge in [-0.3, -0.25) is 4.79 Å². The lowest BCUT2D eigenvalue weighted by Gasteiger charge is -2.15. The first kappa shape index (κ1) is 14.7. The maximum Gasteiger partial charge on any atom is 0.309 e. The predicted molar refractivity (Wildman–Crippen MR) is 56.8 cm³/mol. The Balaban J connectivity index is 0. The molecule has 0 heterocycles. The smallest absolute Gasteiger partial charge is 0.309 e. The molecule has 0 radical (unpaired) electrons. The molecule has 2 nitrogen and oxygen atoms in total. The van der Waals surface area contributed by atoms with E-state index in [9.17, 15) is 4.79 Å². The van der Waals surface area contributed by atoms with Crippen LogP contribution in [0.2, 0.25) is 0 Å². The topological polar surface area (TPSA) is 37.3 Å². The molecule has 1 N–H and O–H groups in total. The summed E-state index contributed by atoms with van der Waals surface area (Å²) in [5, 5.41) is 8.67.